The molecule has 3 aromatic carbocycles. The van der Waals surface area contributed by atoms with Crippen molar-refractivity contribution in [1.82, 2.24) is 19.8 Å². The van der Waals surface area contributed by atoms with E-state index in [4.69, 9.17) is 23.9 Å². The Morgan fingerprint density at radius 1 is 0.942 bits per heavy atom. The van der Waals surface area contributed by atoms with Crippen LogP contribution < -0.4 is 14.4 Å². The second-order valence-corrected chi connectivity index (χ2v) is 27.0. The molecule has 4 atom stereocenters. The van der Waals surface area contributed by atoms with Gasteiger partial charge in [-0.3, -0.25) is 14.6 Å². The maximum absolute atomic E-state index is 18.3. The van der Waals surface area contributed by atoms with Crippen LogP contribution in [0.3, 0.4) is 0 Å². The molecule has 16 heteroatoms. The number of carbonyl (C=O) groups is 2. The lowest BCUT2D eigenvalue weighted by molar-refractivity contribution is -0.142. The van der Waals surface area contributed by atoms with Gasteiger partial charge in [0.05, 0.1) is 54.3 Å². The third kappa shape index (κ3) is 9.22. The van der Waals surface area contributed by atoms with Crippen molar-refractivity contribution in [2.75, 3.05) is 51.4 Å². The Morgan fingerprint density at radius 3 is 2.25 bits per heavy atom. The minimum atomic E-state index is -2.46. The number of hydrogen-bond acceptors (Lipinski definition) is 10. The summed E-state index contributed by atoms with van der Waals surface area (Å²) < 4.78 is 91.3. The van der Waals surface area contributed by atoms with E-state index in [1.54, 1.807) is 17.9 Å². The fourth-order valence-electron chi connectivity index (χ4n) is 12.2. The average molecular weight is 974 g/mol. The predicted molar refractivity (Wildman–Crippen MR) is 263 cm³/mol. The van der Waals surface area contributed by atoms with Crippen LogP contribution in [0.4, 0.5) is 28.2 Å². The summed E-state index contributed by atoms with van der Waals surface area (Å²) in [7, 11) is -1.19. The number of ether oxygens (including phenoxy) is 4. The van der Waals surface area contributed by atoms with Crippen molar-refractivity contribution in [1.29, 1.82) is 0 Å². The Balaban J connectivity index is 1.37. The van der Waals surface area contributed by atoms with Gasteiger partial charge in [-0.2, -0.15) is 9.97 Å². The van der Waals surface area contributed by atoms with Crippen molar-refractivity contribution in [3.05, 3.63) is 52.8 Å². The fourth-order valence-corrected chi connectivity index (χ4v) is 17.4. The Labute approximate surface area is 404 Å². The van der Waals surface area contributed by atoms with Gasteiger partial charge in [-0.15, -0.1) is 5.54 Å². The SMILES string of the molecule is CCOC(=O)Cc1cc(-c2c(F)c(OC)c3c(N4CC5CCC(C4)N5C(=O)OC(C)(C)C)nc(OC[C@@]45CCCN4C[C@H](F)C5)nc3c2F)c2c(C#C[Si](C(C)C)(C(C)C)C(C)C)c(F)ccc2c1. The van der Waals surface area contributed by atoms with Gasteiger partial charge >= 0.3 is 18.1 Å². The molecule has 2 bridgehead atoms. The number of alkyl halides is 1. The molecule has 4 fully saturated rings. The second-order valence-electron chi connectivity index (χ2n) is 21.4. The summed E-state index contributed by atoms with van der Waals surface area (Å²) in [6, 6.07) is 5.20. The van der Waals surface area contributed by atoms with Gasteiger partial charge in [-0.1, -0.05) is 59.6 Å². The first kappa shape index (κ1) is 50.3. The highest BCUT2D eigenvalue weighted by molar-refractivity contribution is 6.90. The van der Waals surface area contributed by atoms with E-state index in [1.807, 2.05) is 25.7 Å². The number of esters is 1. The highest BCUT2D eigenvalue weighted by Crippen LogP contribution is 2.48. The molecular formula is C53H67F4N5O6Si. The van der Waals surface area contributed by atoms with Crippen LogP contribution in [0.1, 0.15) is 112 Å². The lowest BCUT2D eigenvalue weighted by Crippen LogP contribution is -2.57. The number of hydrogen-bond donors (Lipinski definition) is 0. The molecule has 0 N–H and O–H groups in total. The molecule has 4 aliphatic heterocycles. The molecule has 4 aromatic rings. The first-order valence-corrected chi connectivity index (χ1v) is 26.8. The van der Waals surface area contributed by atoms with Crippen molar-refractivity contribution >= 4 is 47.6 Å². The van der Waals surface area contributed by atoms with Gasteiger partial charge in [-0.25, -0.2) is 22.4 Å². The van der Waals surface area contributed by atoms with Crippen LogP contribution in [-0.4, -0.2) is 116 Å². The fraction of sp³-hybridized carbons (Fsp3) is 0.585. The van der Waals surface area contributed by atoms with Gasteiger partial charge < -0.3 is 23.8 Å². The Bertz CT molecular complexity index is 2680. The van der Waals surface area contributed by atoms with Crippen LogP contribution in [0.15, 0.2) is 24.3 Å². The van der Waals surface area contributed by atoms with Gasteiger partial charge in [0, 0.05) is 31.4 Å². The Morgan fingerprint density at radius 2 is 1.62 bits per heavy atom. The maximum Gasteiger partial charge on any atom is 0.410 e. The van der Waals surface area contributed by atoms with Crippen LogP contribution in [0.25, 0.3) is 32.8 Å². The molecule has 4 aliphatic rings. The van der Waals surface area contributed by atoms with Gasteiger partial charge in [0.25, 0.3) is 0 Å². The summed E-state index contributed by atoms with van der Waals surface area (Å²) in [5.41, 5.74) is 2.35. The van der Waals surface area contributed by atoms with Crippen molar-refractivity contribution in [3.63, 3.8) is 0 Å². The van der Waals surface area contributed by atoms with Gasteiger partial charge in [0.2, 0.25) is 0 Å². The third-order valence-corrected chi connectivity index (χ3v) is 21.4. The molecule has 5 heterocycles. The van der Waals surface area contributed by atoms with E-state index in [-0.39, 0.29) is 119 Å². The number of nitrogens with zero attached hydrogens (tertiary/aromatic N) is 5. The summed E-state index contributed by atoms with van der Waals surface area (Å²) >= 11 is 0. The molecule has 372 valence electrons. The number of aromatic nitrogens is 2. The molecule has 8 rings (SSSR count). The summed E-state index contributed by atoms with van der Waals surface area (Å²) in [6.45, 7) is 21.7. The number of fused-ring (bicyclic) bond motifs is 5. The molecule has 4 saturated heterocycles. The minimum absolute atomic E-state index is 0.0179. The van der Waals surface area contributed by atoms with Crippen LogP contribution >= 0.6 is 0 Å². The Kier molecular flexibility index (Phi) is 14.0. The molecule has 2 unspecified atom stereocenters. The predicted octanol–water partition coefficient (Wildman–Crippen LogP) is 11.1. The number of benzene rings is 3. The smallest absolute Gasteiger partial charge is 0.410 e. The van der Waals surface area contributed by atoms with Gasteiger partial charge in [0.15, 0.2) is 17.4 Å². The van der Waals surface area contributed by atoms with Crippen molar-refractivity contribution < 1.29 is 46.1 Å². The largest absolute Gasteiger partial charge is 0.493 e. The molecule has 0 aliphatic carbocycles. The summed E-state index contributed by atoms with van der Waals surface area (Å²) in [6.07, 6.45) is 1.49. The van der Waals surface area contributed by atoms with Gasteiger partial charge in [0.1, 0.15) is 43.6 Å². The molecule has 0 radical (unpaired) electrons. The third-order valence-electron chi connectivity index (χ3n) is 15.1. The molecule has 69 heavy (non-hydrogen) atoms. The molecule has 11 nitrogen and oxygen atoms in total. The number of piperazine rings is 1. The van der Waals surface area contributed by atoms with E-state index in [0.717, 1.165) is 13.0 Å². The van der Waals surface area contributed by atoms with Crippen LogP contribution in [-0.2, 0) is 20.7 Å². The average Bonchev–Trinajstić information content (AvgIpc) is 3.89. The number of rotatable bonds is 12. The highest BCUT2D eigenvalue weighted by atomic mass is 28.3. The van der Waals surface area contributed by atoms with Crippen LogP contribution in [0.2, 0.25) is 16.6 Å². The lowest BCUT2D eigenvalue weighted by Gasteiger charge is -2.42. The monoisotopic (exact) mass is 973 g/mol. The van der Waals surface area contributed by atoms with Gasteiger partial charge in [-0.05, 0) is 105 Å². The number of carbonyl (C=O) groups excluding carboxylic acids is 2. The molecule has 1 amide bonds. The standard InChI is InChI=1S/C53H67F4N5O6Si/c1-12-66-41(63)24-33-22-34-14-17-40(55)38(18-21-69(30(2)3,31(4)5)32(6)7)42(34)39(23-33)43-45(56)47-44(48(65-11)46(43)57)49(59-50(58-47)67-29-53-19-13-20-61(53)26-35(54)25-53)60-27-36-15-16-37(28-60)62(36)51(64)68-52(8,9)10/h14,17,22-23,30-32,35-37H,12-13,15-16,19-20,24-29H2,1-11H3/t35-,36?,37?,53+/m1/s1. The normalized spacial score (nSPS) is 21.7. The van der Waals surface area contributed by atoms with Crippen LogP contribution in [0.5, 0.6) is 11.8 Å². The lowest BCUT2D eigenvalue weighted by atomic mass is 9.90. The first-order chi connectivity index (χ1) is 32.6. The zero-order valence-electron chi connectivity index (χ0n) is 42.0. The summed E-state index contributed by atoms with van der Waals surface area (Å²) in [5, 5.41) is 0.519. The van der Waals surface area contributed by atoms with E-state index in [1.165, 1.54) is 25.3 Å². The summed E-state index contributed by atoms with van der Waals surface area (Å²) in [4.78, 5) is 41.9. The van der Waals surface area contributed by atoms with Crippen molar-refractivity contribution in [2.24, 2.45) is 0 Å². The topological polar surface area (TPSA) is 107 Å². The zero-order valence-corrected chi connectivity index (χ0v) is 43.0. The van der Waals surface area contributed by atoms with E-state index < -0.39 is 60.5 Å². The number of amides is 1. The minimum Gasteiger partial charge on any atom is -0.493 e. The molecule has 0 spiro atoms. The number of methoxy groups -OCH3 is 1. The maximum atomic E-state index is 18.3. The molecular weight excluding hydrogens is 907 g/mol. The van der Waals surface area contributed by atoms with E-state index in [9.17, 15) is 14.0 Å². The quantitative estimate of drug-likeness (QED) is 0.0590. The van der Waals surface area contributed by atoms with E-state index >= 15 is 13.2 Å². The Hall–Kier alpha value is -5.14. The first-order valence-electron chi connectivity index (χ1n) is 24.6. The zero-order chi connectivity index (χ0) is 49.9. The van der Waals surface area contributed by atoms with E-state index in [2.05, 4.69) is 62.9 Å². The molecule has 0 saturated carbocycles. The summed E-state index contributed by atoms with van der Waals surface area (Å²) in [5.74, 6) is -0.367. The highest BCUT2D eigenvalue weighted by Gasteiger charge is 2.50. The number of anilines is 1. The number of halogens is 4. The van der Waals surface area contributed by atoms with Crippen molar-refractivity contribution in [3.8, 4) is 34.4 Å². The van der Waals surface area contributed by atoms with Crippen molar-refractivity contribution in [2.45, 2.75) is 154 Å². The van der Waals surface area contributed by atoms with Crippen LogP contribution in [0, 0.1) is 28.9 Å². The second kappa shape index (κ2) is 19.2. The van der Waals surface area contributed by atoms with E-state index in [0.29, 0.717) is 30.2 Å². The molecule has 1 aromatic heterocycles.